The number of nitrogens with one attached hydrogen (secondary N) is 1. The van der Waals surface area contributed by atoms with E-state index in [1.54, 1.807) is 4.90 Å². The molecule has 0 spiro atoms. The molecule has 2 aliphatic heterocycles. The summed E-state index contributed by atoms with van der Waals surface area (Å²) in [5, 5.41) is 12.1. The van der Waals surface area contributed by atoms with E-state index >= 15 is 0 Å². The number of rotatable bonds is 7. The topological polar surface area (TPSA) is 142 Å². The van der Waals surface area contributed by atoms with Crippen molar-refractivity contribution in [1.29, 1.82) is 0 Å². The number of ether oxygens (including phenoxy) is 1. The maximum Gasteiger partial charge on any atom is 0.410 e. The number of nitrogens with zero attached hydrogens (tertiary/aromatic N) is 2. The monoisotopic (exact) mass is 446 g/mol. The minimum Gasteiger partial charge on any atom is -0.445 e. The summed E-state index contributed by atoms with van der Waals surface area (Å²) in [6.07, 6.45) is 0.0133. The van der Waals surface area contributed by atoms with Crippen molar-refractivity contribution in [2.45, 2.75) is 51.0 Å². The van der Waals surface area contributed by atoms with Gasteiger partial charge in [0.2, 0.25) is 17.7 Å². The molecule has 2 aliphatic rings. The van der Waals surface area contributed by atoms with E-state index in [0.29, 0.717) is 32.4 Å². The third-order valence-electron chi connectivity index (χ3n) is 5.93. The van der Waals surface area contributed by atoms with E-state index in [1.807, 2.05) is 30.3 Å². The van der Waals surface area contributed by atoms with Crippen LogP contribution in [0, 0.1) is 5.92 Å². The maximum absolute atomic E-state index is 13.1. The molecule has 32 heavy (non-hydrogen) atoms. The van der Waals surface area contributed by atoms with Crippen LogP contribution in [0.1, 0.15) is 31.7 Å². The van der Waals surface area contributed by atoms with Gasteiger partial charge in [0.15, 0.2) is 0 Å². The first-order chi connectivity index (χ1) is 15.3. The Morgan fingerprint density at radius 3 is 2.56 bits per heavy atom. The number of likely N-dealkylation sites (tertiary alicyclic amines) is 2. The van der Waals surface area contributed by atoms with Crippen molar-refractivity contribution in [2.75, 3.05) is 19.6 Å². The average molecular weight is 447 g/mol. The van der Waals surface area contributed by atoms with E-state index in [-0.39, 0.29) is 19.1 Å². The summed E-state index contributed by atoms with van der Waals surface area (Å²) in [6, 6.07) is 7.51. The van der Waals surface area contributed by atoms with Crippen LogP contribution in [0.4, 0.5) is 4.79 Å². The second-order valence-corrected chi connectivity index (χ2v) is 8.29. The van der Waals surface area contributed by atoms with Crippen LogP contribution in [0.5, 0.6) is 0 Å². The van der Waals surface area contributed by atoms with Gasteiger partial charge < -0.3 is 25.8 Å². The molecule has 2 fully saturated rings. The van der Waals surface area contributed by atoms with Crippen LogP contribution in [0.15, 0.2) is 30.3 Å². The highest BCUT2D eigenvalue weighted by molar-refractivity contribution is 5.90. The Kier molecular flexibility index (Phi) is 7.68. The second-order valence-electron chi connectivity index (χ2n) is 8.29. The fourth-order valence-electron chi connectivity index (χ4n) is 4.13. The Bertz CT molecular complexity index is 846. The number of aliphatic hydroxyl groups is 1. The van der Waals surface area contributed by atoms with E-state index in [4.69, 9.17) is 10.5 Å². The van der Waals surface area contributed by atoms with Crippen LogP contribution in [0.25, 0.3) is 0 Å². The molecule has 0 radical (unpaired) electrons. The Balaban J connectivity index is 1.54. The zero-order valence-corrected chi connectivity index (χ0v) is 18.1. The van der Waals surface area contributed by atoms with Crippen LogP contribution >= 0.6 is 0 Å². The third-order valence-corrected chi connectivity index (χ3v) is 5.93. The average Bonchev–Trinajstić information content (AvgIpc) is 3.45. The molecule has 4 atom stereocenters. The second kappa shape index (κ2) is 10.4. The summed E-state index contributed by atoms with van der Waals surface area (Å²) in [5.74, 6) is -1.98. The number of carbonyl (C=O) groups is 4. The van der Waals surface area contributed by atoms with Gasteiger partial charge in [-0.05, 0) is 31.7 Å². The van der Waals surface area contributed by atoms with Gasteiger partial charge in [0.1, 0.15) is 18.7 Å². The first-order valence-electron chi connectivity index (χ1n) is 10.8. The van der Waals surface area contributed by atoms with Crippen molar-refractivity contribution >= 4 is 23.8 Å². The van der Waals surface area contributed by atoms with Crippen molar-refractivity contribution < 1.29 is 29.0 Å². The fourth-order valence-corrected chi connectivity index (χ4v) is 4.13. The lowest BCUT2D eigenvalue weighted by atomic mass is 10.1. The van der Waals surface area contributed by atoms with E-state index < -0.39 is 42.0 Å². The molecule has 0 bridgehead atoms. The van der Waals surface area contributed by atoms with E-state index in [9.17, 15) is 24.3 Å². The summed E-state index contributed by atoms with van der Waals surface area (Å²) in [6.45, 7) is 2.49. The SMILES string of the molecule is C[C@@H](O)[C@H](NC(=O)[C@@H]1CCN(C(=O)[C@@H]2CCCN2C(=O)OCc2ccccc2)C1)C(N)=O. The molecule has 0 aromatic heterocycles. The predicted octanol–water partition coefficient (Wildman–Crippen LogP) is -0.0130. The molecule has 4 amide bonds. The summed E-state index contributed by atoms with van der Waals surface area (Å²) >= 11 is 0. The first kappa shape index (κ1) is 23.5. The predicted molar refractivity (Wildman–Crippen MR) is 114 cm³/mol. The zero-order chi connectivity index (χ0) is 23.3. The molecule has 0 unspecified atom stereocenters. The van der Waals surface area contributed by atoms with Gasteiger partial charge in [0.05, 0.1) is 12.0 Å². The summed E-state index contributed by atoms with van der Waals surface area (Å²) in [5.41, 5.74) is 6.08. The normalized spacial score (nSPS) is 22.3. The number of hydrogen-bond donors (Lipinski definition) is 3. The molecular weight excluding hydrogens is 416 g/mol. The Labute approximate surface area is 186 Å². The summed E-state index contributed by atoms with van der Waals surface area (Å²) < 4.78 is 5.39. The molecule has 0 aliphatic carbocycles. The van der Waals surface area contributed by atoms with Gasteiger partial charge in [-0.3, -0.25) is 19.3 Å². The van der Waals surface area contributed by atoms with Crippen molar-refractivity contribution in [3.8, 4) is 0 Å². The Morgan fingerprint density at radius 1 is 1.19 bits per heavy atom. The van der Waals surface area contributed by atoms with Gasteiger partial charge in [0.25, 0.3) is 0 Å². The highest BCUT2D eigenvalue weighted by Crippen LogP contribution is 2.25. The number of aliphatic hydroxyl groups excluding tert-OH is 1. The van der Waals surface area contributed by atoms with Crippen molar-refractivity contribution in [3.63, 3.8) is 0 Å². The molecule has 1 aromatic rings. The quantitative estimate of drug-likeness (QED) is 0.538. The fraction of sp³-hybridized carbons (Fsp3) is 0.545. The van der Waals surface area contributed by atoms with Crippen LogP contribution in [0.2, 0.25) is 0 Å². The number of primary amides is 1. The van der Waals surface area contributed by atoms with Crippen molar-refractivity contribution in [2.24, 2.45) is 11.7 Å². The number of nitrogens with two attached hydrogens (primary N) is 1. The van der Waals surface area contributed by atoms with Gasteiger partial charge in [0, 0.05) is 19.6 Å². The highest BCUT2D eigenvalue weighted by Gasteiger charge is 2.41. The molecule has 174 valence electrons. The van der Waals surface area contributed by atoms with Crippen LogP contribution in [-0.4, -0.2) is 76.5 Å². The van der Waals surface area contributed by atoms with Gasteiger partial charge in [-0.15, -0.1) is 0 Å². The number of benzene rings is 1. The van der Waals surface area contributed by atoms with Crippen LogP contribution in [0.3, 0.4) is 0 Å². The van der Waals surface area contributed by atoms with Crippen LogP contribution in [-0.2, 0) is 25.7 Å². The number of hydrogen-bond acceptors (Lipinski definition) is 6. The van der Waals surface area contributed by atoms with Crippen molar-refractivity contribution in [3.05, 3.63) is 35.9 Å². The minimum absolute atomic E-state index is 0.132. The zero-order valence-electron chi connectivity index (χ0n) is 18.1. The van der Waals surface area contributed by atoms with Gasteiger partial charge in [-0.2, -0.15) is 0 Å². The molecule has 2 saturated heterocycles. The van der Waals surface area contributed by atoms with E-state index in [1.165, 1.54) is 11.8 Å². The summed E-state index contributed by atoms with van der Waals surface area (Å²) in [4.78, 5) is 52.6. The minimum atomic E-state index is -1.18. The van der Waals surface area contributed by atoms with Crippen molar-refractivity contribution in [1.82, 2.24) is 15.1 Å². The summed E-state index contributed by atoms with van der Waals surface area (Å²) in [7, 11) is 0. The molecule has 1 aromatic carbocycles. The third kappa shape index (κ3) is 5.56. The lowest BCUT2D eigenvalue weighted by Gasteiger charge is -2.27. The lowest BCUT2D eigenvalue weighted by molar-refractivity contribution is -0.135. The number of amides is 4. The first-order valence-corrected chi connectivity index (χ1v) is 10.8. The Hall–Kier alpha value is -3.14. The molecule has 2 heterocycles. The van der Waals surface area contributed by atoms with Gasteiger partial charge >= 0.3 is 6.09 Å². The van der Waals surface area contributed by atoms with Gasteiger partial charge in [-0.25, -0.2) is 4.79 Å². The maximum atomic E-state index is 13.1. The molecule has 4 N–H and O–H groups in total. The van der Waals surface area contributed by atoms with E-state index in [2.05, 4.69) is 5.32 Å². The molecule has 10 nitrogen and oxygen atoms in total. The molecule has 0 saturated carbocycles. The lowest BCUT2D eigenvalue weighted by Crippen LogP contribution is -2.52. The Morgan fingerprint density at radius 2 is 1.91 bits per heavy atom. The largest absolute Gasteiger partial charge is 0.445 e. The molecule has 3 rings (SSSR count). The van der Waals surface area contributed by atoms with E-state index in [0.717, 1.165) is 5.56 Å². The molecular formula is C22H30N4O6. The van der Waals surface area contributed by atoms with Crippen LogP contribution < -0.4 is 11.1 Å². The molecule has 10 heteroatoms. The highest BCUT2D eigenvalue weighted by atomic mass is 16.6. The number of carbonyl (C=O) groups excluding carboxylic acids is 4. The smallest absolute Gasteiger partial charge is 0.410 e. The standard InChI is InChI=1S/C22H30N4O6/c1-14(27)18(19(23)28)24-20(29)16-9-11-25(12-16)21(30)17-8-5-10-26(17)22(31)32-13-15-6-3-2-4-7-15/h2-4,6-7,14,16-18,27H,5,8-13H2,1H3,(H2,23,28)(H,24,29)/t14-,16-,17+,18+/m1/s1. The van der Waals surface area contributed by atoms with Gasteiger partial charge in [-0.1, -0.05) is 30.3 Å².